The van der Waals surface area contributed by atoms with Gasteiger partial charge >= 0.3 is 0 Å². The maximum Gasteiger partial charge on any atom is 0.124 e. The van der Waals surface area contributed by atoms with E-state index in [1.165, 1.54) is 11.1 Å². The third-order valence-corrected chi connectivity index (χ3v) is 9.01. The van der Waals surface area contributed by atoms with Crippen LogP contribution in [0.3, 0.4) is 0 Å². The Morgan fingerprint density at radius 3 is 2.42 bits per heavy atom. The van der Waals surface area contributed by atoms with Gasteiger partial charge in [0.1, 0.15) is 12.2 Å². The zero-order chi connectivity index (χ0) is 27.2. The van der Waals surface area contributed by atoms with Gasteiger partial charge in [-0.05, 0) is 62.7 Å². The molecule has 3 saturated heterocycles. The number of allylic oxidation sites excluding steroid dienone is 1. The predicted octanol–water partition coefficient (Wildman–Crippen LogP) is 6.51. The maximum absolute atomic E-state index is 6.97. The predicted molar refractivity (Wildman–Crippen MR) is 153 cm³/mol. The summed E-state index contributed by atoms with van der Waals surface area (Å²) in [5.74, 6) is 0. The lowest BCUT2D eigenvalue weighted by atomic mass is 9.81. The zero-order valence-corrected chi connectivity index (χ0v) is 23.7. The minimum absolute atomic E-state index is 0.0202. The van der Waals surface area contributed by atoms with E-state index in [0.29, 0.717) is 13.2 Å². The van der Waals surface area contributed by atoms with Gasteiger partial charge in [-0.25, -0.2) is 0 Å². The molecule has 6 rings (SSSR count). The fourth-order valence-electron chi connectivity index (χ4n) is 6.73. The Balaban J connectivity index is 1.11. The van der Waals surface area contributed by atoms with Gasteiger partial charge in [-0.15, -0.1) is 0 Å². The summed E-state index contributed by atoms with van der Waals surface area (Å²) < 4.78 is 39.1. The van der Waals surface area contributed by atoms with E-state index in [1.54, 1.807) is 0 Å². The van der Waals surface area contributed by atoms with Crippen molar-refractivity contribution in [2.24, 2.45) is 0 Å². The lowest BCUT2D eigenvalue weighted by Crippen LogP contribution is -2.62. The van der Waals surface area contributed by atoms with Crippen molar-refractivity contribution < 1.29 is 28.4 Å². The van der Waals surface area contributed by atoms with Crippen LogP contribution in [0.1, 0.15) is 69.4 Å². The molecule has 0 saturated carbocycles. The lowest BCUT2D eigenvalue weighted by Gasteiger charge is -2.52. The van der Waals surface area contributed by atoms with Crippen LogP contribution in [0.15, 0.2) is 73.0 Å². The number of hydrogen-bond acceptors (Lipinski definition) is 6. The quantitative estimate of drug-likeness (QED) is 0.333. The van der Waals surface area contributed by atoms with Crippen molar-refractivity contribution in [3.05, 3.63) is 84.1 Å². The number of hydrogen-bond donors (Lipinski definition) is 0. The molecule has 0 radical (unpaired) electrons. The number of ether oxygens (including phenoxy) is 6. The molecule has 0 aliphatic carbocycles. The maximum atomic E-state index is 6.97. The van der Waals surface area contributed by atoms with Crippen molar-refractivity contribution >= 4 is 0 Å². The summed E-state index contributed by atoms with van der Waals surface area (Å²) in [6, 6.07) is 20.8. The van der Waals surface area contributed by atoms with Gasteiger partial charge in [-0.3, -0.25) is 0 Å². The van der Waals surface area contributed by atoms with Crippen molar-refractivity contribution in [2.45, 2.75) is 120 Å². The van der Waals surface area contributed by atoms with E-state index < -0.39 is 0 Å². The van der Waals surface area contributed by atoms with Crippen LogP contribution < -0.4 is 0 Å². The van der Waals surface area contributed by atoms with Crippen molar-refractivity contribution in [3.8, 4) is 0 Å². The summed E-state index contributed by atoms with van der Waals surface area (Å²) in [6.07, 6.45) is 11.4. The summed E-state index contributed by atoms with van der Waals surface area (Å²) >= 11 is 0. The Bertz CT molecular complexity index is 1080. The highest BCUT2D eigenvalue weighted by Crippen LogP contribution is 2.45. The summed E-state index contributed by atoms with van der Waals surface area (Å²) in [5.41, 5.74) is 2.01. The van der Waals surface area contributed by atoms with Gasteiger partial charge in [-0.2, -0.15) is 0 Å². The topological polar surface area (TPSA) is 55.4 Å². The average molecular weight is 549 g/mol. The molecule has 0 spiro atoms. The first-order valence-corrected chi connectivity index (χ1v) is 15.2. The van der Waals surface area contributed by atoms with Crippen LogP contribution in [-0.4, -0.2) is 54.9 Å². The number of benzene rings is 2. The van der Waals surface area contributed by atoms with Crippen LogP contribution in [0, 0.1) is 0 Å². The zero-order valence-electron chi connectivity index (χ0n) is 23.7. The van der Waals surface area contributed by atoms with E-state index in [1.807, 2.05) is 18.4 Å². The third-order valence-electron chi connectivity index (χ3n) is 9.01. The SMILES string of the molecule is C[C@]12CC[C@H]3OC=CCC[C@@H]3O[C@@H]1C[C@@H]1O[C@@H](CCCOCc3ccccc3)C[C@@H](OCc3ccccc3)[C@H]1O2. The van der Waals surface area contributed by atoms with Crippen LogP contribution in [0.2, 0.25) is 0 Å². The summed E-state index contributed by atoms with van der Waals surface area (Å²) in [4.78, 5) is 0. The molecule has 216 valence electrons. The smallest absolute Gasteiger partial charge is 0.124 e. The fourth-order valence-corrected chi connectivity index (χ4v) is 6.73. The van der Waals surface area contributed by atoms with Crippen molar-refractivity contribution in [1.29, 1.82) is 0 Å². The van der Waals surface area contributed by atoms with E-state index in [4.69, 9.17) is 28.4 Å². The molecular formula is C34H44O6. The number of rotatable bonds is 9. The molecule has 0 aromatic heterocycles. The Labute approximate surface area is 238 Å². The van der Waals surface area contributed by atoms with Gasteiger partial charge in [0.2, 0.25) is 0 Å². The highest BCUT2D eigenvalue weighted by Gasteiger charge is 2.54. The minimum Gasteiger partial charge on any atom is -0.496 e. The second-order valence-electron chi connectivity index (χ2n) is 12.0. The van der Waals surface area contributed by atoms with Gasteiger partial charge in [0.25, 0.3) is 0 Å². The average Bonchev–Trinajstić information content (AvgIpc) is 3.28. The highest BCUT2D eigenvalue weighted by atomic mass is 16.6. The molecule has 2 aromatic carbocycles. The molecule has 2 aromatic rings. The van der Waals surface area contributed by atoms with Gasteiger partial charge in [0.15, 0.2) is 0 Å². The second kappa shape index (κ2) is 13.2. The van der Waals surface area contributed by atoms with E-state index in [2.05, 4.69) is 61.5 Å². The fraction of sp³-hybridized carbons (Fsp3) is 0.588. The van der Waals surface area contributed by atoms with E-state index >= 15 is 0 Å². The molecule has 6 nitrogen and oxygen atoms in total. The molecule has 0 bridgehead atoms. The van der Waals surface area contributed by atoms with Gasteiger partial charge in [-0.1, -0.05) is 60.7 Å². The van der Waals surface area contributed by atoms with Crippen molar-refractivity contribution in [3.63, 3.8) is 0 Å². The molecule has 0 amide bonds. The first-order chi connectivity index (χ1) is 19.7. The molecule has 4 aliphatic heterocycles. The highest BCUT2D eigenvalue weighted by molar-refractivity contribution is 5.14. The van der Waals surface area contributed by atoms with Crippen molar-refractivity contribution in [2.75, 3.05) is 6.61 Å². The molecule has 40 heavy (non-hydrogen) atoms. The Hall–Kier alpha value is -2.22. The summed E-state index contributed by atoms with van der Waals surface area (Å²) in [7, 11) is 0. The molecule has 0 N–H and O–H groups in total. The van der Waals surface area contributed by atoms with Crippen LogP contribution >= 0.6 is 0 Å². The first kappa shape index (κ1) is 27.9. The van der Waals surface area contributed by atoms with Crippen LogP contribution in [-0.2, 0) is 41.6 Å². The molecular weight excluding hydrogens is 504 g/mol. The standard InChI is InChI=1S/C34H44O6/c1-34-18-17-28-29(16-8-9-20-36-28)39-32(34)22-31-33(40-34)30(37-24-26-13-6-3-7-14-26)21-27(38-31)15-10-19-35-23-25-11-4-2-5-12-25/h2-7,9,11-14,20,27-33H,8,10,15-19,21-24H2,1H3/t27-,28+,29-,30+,31-,32+,33+,34-/m0/s1. The molecule has 4 aliphatic rings. The van der Waals surface area contributed by atoms with E-state index in [0.717, 1.165) is 58.0 Å². The van der Waals surface area contributed by atoms with Gasteiger partial charge < -0.3 is 28.4 Å². The monoisotopic (exact) mass is 548 g/mol. The molecule has 4 heterocycles. The third kappa shape index (κ3) is 6.80. The molecule has 6 heteroatoms. The normalized spacial score (nSPS) is 35.4. The van der Waals surface area contributed by atoms with Crippen molar-refractivity contribution in [1.82, 2.24) is 0 Å². The lowest BCUT2D eigenvalue weighted by molar-refractivity contribution is -0.298. The Kier molecular flexibility index (Phi) is 9.20. The largest absolute Gasteiger partial charge is 0.496 e. The summed E-state index contributed by atoms with van der Waals surface area (Å²) in [5, 5.41) is 0. The van der Waals surface area contributed by atoms with Crippen LogP contribution in [0.4, 0.5) is 0 Å². The van der Waals surface area contributed by atoms with Crippen LogP contribution in [0.25, 0.3) is 0 Å². The van der Waals surface area contributed by atoms with Gasteiger partial charge in [0.05, 0.1) is 55.6 Å². The minimum atomic E-state index is -0.379. The first-order valence-electron chi connectivity index (χ1n) is 15.2. The van der Waals surface area contributed by atoms with Gasteiger partial charge in [0, 0.05) is 19.4 Å². The molecule has 8 atom stereocenters. The molecule has 3 fully saturated rings. The summed E-state index contributed by atoms with van der Waals surface area (Å²) in [6.45, 7) is 4.16. The van der Waals surface area contributed by atoms with E-state index in [-0.39, 0.29) is 48.3 Å². The Morgan fingerprint density at radius 1 is 0.850 bits per heavy atom. The molecule has 0 unspecified atom stereocenters. The second-order valence-corrected chi connectivity index (χ2v) is 12.0. The van der Waals surface area contributed by atoms with Crippen LogP contribution in [0.5, 0.6) is 0 Å². The van der Waals surface area contributed by atoms with E-state index in [9.17, 15) is 0 Å². The number of fused-ring (bicyclic) bond motifs is 3. The Morgan fingerprint density at radius 2 is 1.62 bits per heavy atom.